The van der Waals surface area contributed by atoms with Crippen molar-refractivity contribution in [3.63, 3.8) is 0 Å². The fourth-order valence-corrected chi connectivity index (χ4v) is 5.65. The predicted molar refractivity (Wildman–Crippen MR) is 139 cm³/mol. The van der Waals surface area contributed by atoms with E-state index in [2.05, 4.69) is 5.32 Å². The SMILES string of the molecule is CC[C@@H](C(=O)NC1CCCC1)N(Cc1cccc(OC)c1)C(=O)CN(C)S(=O)(=O)c1ccc(Cl)cc1. The number of likely N-dealkylation sites (N-methyl/N-ethyl adjacent to an activating group) is 1. The van der Waals surface area contributed by atoms with Crippen LogP contribution in [0.5, 0.6) is 5.75 Å². The van der Waals surface area contributed by atoms with Crippen molar-refractivity contribution in [3.8, 4) is 5.75 Å². The van der Waals surface area contributed by atoms with Gasteiger partial charge in [-0.3, -0.25) is 9.59 Å². The minimum atomic E-state index is -3.93. The fraction of sp³-hybridized carbons (Fsp3) is 0.462. The summed E-state index contributed by atoms with van der Waals surface area (Å²) >= 11 is 5.89. The van der Waals surface area contributed by atoms with Crippen LogP contribution in [0.2, 0.25) is 5.02 Å². The van der Waals surface area contributed by atoms with Crippen molar-refractivity contribution in [2.75, 3.05) is 20.7 Å². The standard InChI is InChI=1S/C26H34ClN3O5S/c1-4-24(26(32)28-21-9-5-6-10-21)30(17-19-8-7-11-22(16-19)35-3)25(31)18-29(2)36(33,34)23-14-12-20(27)13-15-23/h7-8,11-16,21,24H,4-6,9-10,17-18H2,1-3H3,(H,28,32)/t24-/m0/s1. The molecule has 1 aliphatic carbocycles. The van der Waals surface area contributed by atoms with E-state index >= 15 is 0 Å². The van der Waals surface area contributed by atoms with E-state index < -0.39 is 28.5 Å². The van der Waals surface area contributed by atoms with Crippen LogP contribution in [0.1, 0.15) is 44.6 Å². The third kappa shape index (κ3) is 6.99. The zero-order valence-corrected chi connectivity index (χ0v) is 22.5. The van der Waals surface area contributed by atoms with Gasteiger partial charge in [0, 0.05) is 24.7 Å². The predicted octanol–water partition coefficient (Wildman–Crippen LogP) is 3.84. The minimum absolute atomic E-state index is 0.0348. The Kier molecular flexibility index (Phi) is 9.76. The van der Waals surface area contributed by atoms with Gasteiger partial charge in [-0.1, -0.05) is 43.5 Å². The van der Waals surface area contributed by atoms with Gasteiger partial charge in [0.05, 0.1) is 18.6 Å². The first kappa shape index (κ1) is 28.0. The second-order valence-electron chi connectivity index (χ2n) is 9.00. The van der Waals surface area contributed by atoms with Gasteiger partial charge < -0.3 is 15.0 Å². The second-order valence-corrected chi connectivity index (χ2v) is 11.5. The maximum atomic E-state index is 13.6. The summed E-state index contributed by atoms with van der Waals surface area (Å²) in [6, 6.07) is 12.4. The summed E-state index contributed by atoms with van der Waals surface area (Å²) in [5, 5.41) is 3.50. The number of methoxy groups -OCH3 is 1. The number of carbonyl (C=O) groups excluding carboxylic acids is 2. The number of sulfonamides is 1. The number of hydrogen-bond acceptors (Lipinski definition) is 5. The molecule has 2 aromatic rings. The second kappa shape index (κ2) is 12.6. The number of carbonyl (C=O) groups is 2. The summed E-state index contributed by atoms with van der Waals surface area (Å²) in [4.78, 5) is 28.3. The zero-order chi connectivity index (χ0) is 26.3. The first-order valence-electron chi connectivity index (χ1n) is 12.1. The lowest BCUT2D eigenvalue weighted by atomic mass is 10.1. The maximum Gasteiger partial charge on any atom is 0.243 e. The highest BCUT2D eigenvalue weighted by molar-refractivity contribution is 7.89. The van der Waals surface area contributed by atoms with Crippen LogP contribution in [-0.2, 0) is 26.2 Å². The molecule has 0 aliphatic heterocycles. The molecular weight excluding hydrogens is 502 g/mol. The Morgan fingerprint density at radius 2 is 1.81 bits per heavy atom. The third-order valence-electron chi connectivity index (χ3n) is 6.45. The highest BCUT2D eigenvalue weighted by Gasteiger charge is 2.33. The van der Waals surface area contributed by atoms with Crippen molar-refractivity contribution in [1.82, 2.24) is 14.5 Å². The summed E-state index contributed by atoms with van der Waals surface area (Å²) in [6.45, 7) is 1.57. The molecule has 1 N–H and O–H groups in total. The Bertz CT molecular complexity index is 1150. The Labute approximate surface area is 218 Å². The van der Waals surface area contributed by atoms with Crippen LogP contribution in [0.3, 0.4) is 0 Å². The van der Waals surface area contributed by atoms with Crippen molar-refractivity contribution >= 4 is 33.4 Å². The molecule has 0 radical (unpaired) electrons. The van der Waals surface area contributed by atoms with Crippen LogP contribution in [0.15, 0.2) is 53.4 Å². The van der Waals surface area contributed by atoms with Crippen LogP contribution < -0.4 is 10.1 Å². The number of ether oxygens (including phenoxy) is 1. The molecule has 0 heterocycles. The summed E-state index contributed by atoms with van der Waals surface area (Å²) < 4.78 is 32.4. The van der Waals surface area contributed by atoms with E-state index in [0.29, 0.717) is 17.2 Å². The molecule has 8 nitrogen and oxygen atoms in total. The van der Waals surface area contributed by atoms with E-state index in [1.165, 1.54) is 36.2 Å². The number of rotatable bonds is 11. The molecule has 1 atom stereocenters. The van der Waals surface area contributed by atoms with Crippen molar-refractivity contribution in [2.24, 2.45) is 0 Å². The van der Waals surface area contributed by atoms with Crippen LogP contribution in [-0.4, -0.2) is 62.2 Å². The van der Waals surface area contributed by atoms with Crippen LogP contribution in [0.25, 0.3) is 0 Å². The van der Waals surface area contributed by atoms with Gasteiger partial charge in [-0.15, -0.1) is 0 Å². The molecule has 3 rings (SSSR count). The molecule has 0 bridgehead atoms. The van der Waals surface area contributed by atoms with E-state index in [9.17, 15) is 18.0 Å². The lowest BCUT2D eigenvalue weighted by Gasteiger charge is -2.32. The van der Waals surface area contributed by atoms with Gasteiger partial charge in [0.2, 0.25) is 21.8 Å². The quantitative estimate of drug-likeness (QED) is 0.471. The molecule has 1 aliphatic rings. The molecular formula is C26H34ClN3O5S. The minimum Gasteiger partial charge on any atom is -0.497 e. The Hall–Kier alpha value is -2.62. The van der Waals surface area contributed by atoms with Gasteiger partial charge in [-0.05, 0) is 61.2 Å². The lowest BCUT2D eigenvalue weighted by molar-refractivity contribution is -0.141. The van der Waals surface area contributed by atoms with Crippen molar-refractivity contribution in [1.29, 1.82) is 0 Å². The largest absolute Gasteiger partial charge is 0.497 e. The molecule has 0 saturated heterocycles. The normalized spacial score (nSPS) is 15.0. The molecule has 0 spiro atoms. The highest BCUT2D eigenvalue weighted by atomic mass is 35.5. The van der Waals surface area contributed by atoms with Crippen molar-refractivity contribution in [2.45, 2.75) is 62.6 Å². The molecule has 196 valence electrons. The van der Waals surface area contributed by atoms with Gasteiger partial charge in [-0.2, -0.15) is 4.31 Å². The number of benzene rings is 2. The number of hydrogen-bond donors (Lipinski definition) is 1. The van der Waals surface area contributed by atoms with E-state index in [0.717, 1.165) is 35.6 Å². The Balaban J connectivity index is 1.85. The number of nitrogens with one attached hydrogen (secondary N) is 1. The zero-order valence-electron chi connectivity index (χ0n) is 20.9. The van der Waals surface area contributed by atoms with Crippen molar-refractivity contribution in [3.05, 3.63) is 59.1 Å². The molecule has 2 aromatic carbocycles. The first-order chi connectivity index (χ1) is 17.1. The van der Waals surface area contributed by atoms with Gasteiger partial charge >= 0.3 is 0 Å². The van der Waals surface area contributed by atoms with Gasteiger partial charge in [0.1, 0.15) is 11.8 Å². The van der Waals surface area contributed by atoms with E-state index in [-0.39, 0.29) is 23.4 Å². The first-order valence-corrected chi connectivity index (χ1v) is 13.9. The molecule has 0 aromatic heterocycles. The summed E-state index contributed by atoms with van der Waals surface area (Å²) in [5.74, 6) is -0.0547. The molecule has 2 amide bonds. The summed E-state index contributed by atoms with van der Waals surface area (Å²) in [7, 11) is -1.02. The van der Waals surface area contributed by atoms with E-state index in [1.54, 1.807) is 19.2 Å². The molecule has 1 saturated carbocycles. The van der Waals surface area contributed by atoms with Crippen LogP contribution in [0, 0.1) is 0 Å². The van der Waals surface area contributed by atoms with Crippen LogP contribution >= 0.6 is 11.6 Å². The highest BCUT2D eigenvalue weighted by Crippen LogP contribution is 2.22. The monoisotopic (exact) mass is 535 g/mol. The average Bonchev–Trinajstić information content (AvgIpc) is 3.37. The van der Waals surface area contributed by atoms with Gasteiger partial charge in [0.25, 0.3) is 0 Å². The number of nitrogens with zero attached hydrogens (tertiary/aromatic N) is 2. The molecule has 10 heteroatoms. The average molecular weight is 536 g/mol. The number of amides is 2. The van der Waals surface area contributed by atoms with E-state index in [1.807, 2.05) is 19.1 Å². The molecule has 0 unspecified atom stereocenters. The lowest BCUT2D eigenvalue weighted by Crippen LogP contribution is -2.53. The topological polar surface area (TPSA) is 96.0 Å². The summed E-state index contributed by atoms with van der Waals surface area (Å²) in [6.07, 6.45) is 4.38. The van der Waals surface area contributed by atoms with Gasteiger partial charge in [0.15, 0.2) is 0 Å². The molecule has 36 heavy (non-hydrogen) atoms. The van der Waals surface area contributed by atoms with E-state index in [4.69, 9.17) is 16.3 Å². The number of halogens is 1. The third-order valence-corrected chi connectivity index (χ3v) is 8.52. The fourth-order valence-electron chi connectivity index (χ4n) is 4.41. The Morgan fingerprint density at radius 3 is 2.42 bits per heavy atom. The smallest absolute Gasteiger partial charge is 0.243 e. The molecule has 1 fully saturated rings. The Morgan fingerprint density at radius 1 is 1.14 bits per heavy atom. The van der Waals surface area contributed by atoms with Crippen LogP contribution in [0.4, 0.5) is 0 Å². The maximum absolute atomic E-state index is 13.6. The summed E-state index contributed by atoms with van der Waals surface area (Å²) in [5.41, 5.74) is 0.776. The van der Waals surface area contributed by atoms with Crippen molar-refractivity contribution < 1.29 is 22.7 Å². The van der Waals surface area contributed by atoms with Gasteiger partial charge in [-0.25, -0.2) is 8.42 Å².